The highest BCUT2D eigenvalue weighted by Crippen LogP contribution is 2.37. The van der Waals surface area contributed by atoms with Crippen molar-refractivity contribution in [2.45, 2.75) is 6.54 Å². The summed E-state index contributed by atoms with van der Waals surface area (Å²) >= 11 is 6.22. The van der Waals surface area contributed by atoms with Crippen molar-refractivity contribution in [1.29, 1.82) is 0 Å². The normalized spacial score (nSPS) is 13.2. The summed E-state index contributed by atoms with van der Waals surface area (Å²) in [6, 6.07) is 16.2. The highest BCUT2D eigenvalue weighted by molar-refractivity contribution is 6.32. The number of benzene rings is 2. The standard InChI is InChI=1S/C28H28ClN9O2/c1-35(2)14-8-13-24(39)31-20-9-7-12-22(15-20)38-26-19(17-37(28(38)40)21-10-5-4-6-11-21)16-30-27(33-26)32-23-18-36(3)34-25(23)29/h4-13,15-16,18H,14,17H2,1-3H3,(H,31,39)(H,30,32,33)/b13-8+. The summed E-state index contributed by atoms with van der Waals surface area (Å²) in [5.41, 5.74) is 3.09. The zero-order valence-electron chi connectivity index (χ0n) is 22.2. The van der Waals surface area contributed by atoms with Gasteiger partial charge in [0.2, 0.25) is 11.9 Å². The van der Waals surface area contributed by atoms with E-state index in [1.165, 1.54) is 11.0 Å². The predicted molar refractivity (Wildman–Crippen MR) is 156 cm³/mol. The quantitative estimate of drug-likeness (QED) is 0.295. The number of para-hydroxylation sites is 1. The first-order valence-corrected chi connectivity index (χ1v) is 12.9. The molecule has 3 heterocycles. The van der Waals surface area contributed by atoms with Gasteiger partial charge in [0.05, 0.1) is 17.9 Å². The Balaban J connectivity index is 1.51. The molecular weight excluding hydrogens is 530 g/mol. The fourth-order valence-corrected chi connectivity index (χ4v) is 4.41. The smallest absolute Gasteiger partial charge is 0.322 e. The highest BCUT2D eigenvalue weighted by atomic mass is 35.5. The van der Waals surface area contributed by atoms with Crippen LogP contribution in [0.4, 0.5) is 39.3 Å². The molecule has 0 spiro atoms. The number of halogens is 1. The van der Waals surface area contributed by atoms with Crippen LogP contribution in [0.15, 0.2) is 79.1 Å². The lowest BCUT2D eigenvalue weighted by Gasteiger charge is -2.36. The molecule has 4 aromatic rings. The number of aryl methyl sites for hydroxylation is 1. The van der Waals surface area contributed by atoms with Crippen LogP contribution in [0.2, 0.25) is 5.15 Å². The third-order valence-corrected chi connectivity index (χ3v) is 6.29. The van der Waals surface area contributed by atoms with E-state index in [9.17, 15) is 9.59 Å². The molecule has 2 aromatic carbocycles. The van der Waals surface area contributed by atoms with Crippen LogP contribution in [-0.4, -0.2) is 57.2 Å². The van der Waals surface area contributed by atoms with Gasteiger partial charge >= 0.3 is 6.03 Å². The highest BCUT2D eigenvalue weighted by Gasteiger charge is 2.34. The van der Waals surface area contributed by atoms with Crippen LogP contribution >= 0.6 is 11.6 Å². The molecule has 0 aliphatic carbocycles. The number of carbonyl (C=O) groups is 2. The van der Waals surface area contributed by atoms with E-state index in [4.69, 9.17) is 16.6 Å². The lowest BCUT2D eigenvalue weighted by Crippen LogP contribution is -2.45. The third-order valence-electron chi connectivity index (χ3n) is 6.01. The van der Waals surface area contributed by atoms with E-state index in [1.54, 1.807) is 59.4 Å². The number of fused-ring (bicyclic) bond motifs is 1. The average Bonchev–Trinajstić information content (AvgIpc) is 3.24. The first-order valence-electron chi connectivity index (χ1n) is 12.5. The zero-order valence-corrected chi connectivity index (χ0v) is 23.0. The van der Waals surface area contributed by atoms with Crippen LogP contribution in [0, 0.1) is 0 Å². The van der Waals surface area contributed by atoms with Gasteiger partial charge in [-0.1, -0.05) is 41.9 Å². The van der Waals surface area contributed by atoms with Crippen molar-refractivity contribution in [2.24, 2.45) is 7.05 Å². The molecule has 1 aliphatic heterocycles. The average molecular weight is 558 g/mol. The van der Waals surface area contributed by atoms with Crippen molar-refractivity contribution in [3.8, 4) is 0 Å². The zero-order chi connectivity index (χ0) is 28.2. The topological polar surface area (TPSA) is 112 Å². The van der Waals surface area contributed by atoms with Gasteiger partial charge in [-0.3, -0.25) is 14.4 Å². The van der Waals surface area contributed by atoms with Crippen molar-refractivity contribution in [3.63, 3.8) is 0 Å². The molecule has 0 unspecified atom stereocenters. The number of amides is 3. The molecule has 0 radical (unpaired) electrons. The molecule has 0 saturated carbocycles. The Kier molecular flexibility index (Phi) is 7.76. The minimum absolute atomic E-state index is 0.259. The van der Waals surface area contributed by atoms with Crippen LogP contribution in [0.25, 0.3) is 0 Å². The fourth-order valence-electron chi connectivity index (χ4n) is 4.20. The van der Waals surface area contributed by atoms with Crippen molar-refractivity contribution in [3.05, 3.63) is 89.9 Å². The van der Waals surface area contributed by atoms with Crippen molar-refractivity contribution in [2.75, 3.05) is 41.1 Å². The molecule has 2 aromatic heterocycles. The maximum Gasteiger partial charge on any atom is 0.335 e. The summed E-state index contributed by atoms with van der Waals surface area (Å²) in [5, 5.41) is 10.3. The molecule has 0 atom stereocenters. The second kappa shape index (κ2) is 11.6. The Morgan fingerprint density at radius 3 is 2.62 bits per heavy atom. The van der Waals surface area contributed by atoms with Crippen LogP contribution in [0.3, 0.4) is 0 Å². The van der Waals surface area contributed by atoms with Gasteiger partial charge < -0.3 is 15.5 Å². The van der Waals surface area contributed by atoms with Gasteiger partial charge in [-0.25, -0.2) is 14.7 Å². The molecule has 0 saturated heterocycles. The molecule has 40 heavy (non-hydrogen) atoms. The Labute approximate surface area is 236 Å². The van der Waals surface area contributed by atoms with Gasteiger partial charge in [-0.15, -0.1) is 0 Å². The number of rotatable bonds is 8. The molecule has 0 bridgehead atoms. The SMILES string of the molecule is CN(C)C/C=C/C(=O)Nc1cccc(N2C(=O)N(c3ccccc3)Cc3cnc(Nc4cn(C)nc4Cl)nc32)c1. The van der Waals surface area contributed by atoms with Crippen LogP contribution in [0.5, 0.6) is 0 Å². The van der Waals surface area contributed by atoms with Crippen molar-refractivity contribution >= 4 is 58.1 Å². The number of nitrogens with one attached hydrogen (secondary N) is 2. The number of aromatic nitrogens is 4. The fraction of sp³-hybridized carbons (Fsp3) is 0.179. The number of hydrogen-bond donors (Lipinski definition) is 2. The first kappa shape index (κ1) is 26.9. The van der Waals surface area contributed by atoms with Gasteiger partial charge in [0.1, 0.15) is 0 Å². The number of anilines is 6. The summed E-state index contributed by atoms with van der Waals surface area (Å²) in [7, 11) is 5.61. The Bertz CT molecular complexity index is 1570. The summed E-state index contributed by atoms with van der Waals surface area (Å²) in [4.78, 5) is 40.8. The monoisotopic (exact) mass is 557 g/mol. The molecule has 1 aliphatic rings. The van der Waals surface area contributed by atoms with Gasteiger partial charge in [0, 0.05) is 49.0 Å². The number of urea groups is 1. The second-order valence-corrected chi connectivity index (χ2v) is 9.78. The molecule has 5 rings (SSSR count). The molecule has 204 valence electrons. The summed E-state index contributed by atoms with van der Waals surface area (Å²) < 4.78 is 1.58. The molecule has 2 N–H and O–H groups in total. The van der Waals surface area contributed by atoms with E-state index in [0.29, 0.717) is 29.4 Å². The second-order valence-electron chi connectivity index (χ2n) is 9.42. The largest absolute Gasteiger partial charge is 0.335 e. The van der Waals surface area contributed by atoms with Crippen LogP contribution < -0.4 is 20.4 Å². The third kappa shape index (κ3) is 5.95. The van der Waals surface area contributed by atoms with E-state index in [1.807, 2.05) is 49.3 Å². The number of nitrogens with zero attached hydrogens (tertiary/aromatic N) is 7. The summed E-state index contributed by atoms with van der Waals surface area (Å²) in [6.07, 6.45) is 6.66. The van der Waals surface area contributed by atoms with Crippen molar-refractivity contribution < 1.29 is 9.59 Å². The minimum Gasteiger partial charge on any atom is -0.322 e. The predicted octanol–water partition coefficient (Wildman–Crippen LogP) is 4.94. The Hall–Kier alpha value is -4.74. The minimum atomic E-state index is -0.294. The molecule has 11 nitrogen and oxygen atoms in total. The number of hydrogen-bond acceptors (Lipinski definition) is 7. The van der Waals surface area contributed by atoms with Crippen LogP contribution in [-0.2, 0) is 18.4 Å². The lowest BCUT2D eigenvalue weighted by molar-refractivity contribution is -0.111. The molecule has 12 heteroatoms. The lowest BCUT2D eigenvalue weighted by atomic mass is 10.1. The van der Waals surface area contributed by atoms with E-state index < -0.39 is 0 Å². The maximum atomic E-state index is 14.0. The van der Waals surface area contributed by atoms with Gasteiger partial charge in [0.25, 0.3) is 0 Å². The Morgan fingerprint density at radius 1 is 1.12 bits per heavy atom. The summed E-state index contributed by atoms with van der Waals surface area (Å²) in [5.74, 6) is 0.414. The Morgan fingerprint density at radius 2 is 1.90 bits per heavy atom. The molecular formula is C28H28ClN9O2. The number of carbonyl (C=O) groups excluding carboxylic acids is 2. The first-order chi connectivity index (χ1) is 19.3. The number of likely N-dealkylation sites (N-methyl/N-ethyl adjacent to an activating group) is 1. The van der Waals surface area contributed by atoms with E-state index in [0.717, 1.165) is 11.3 Å². The van der Waals surface area contributed by atoms with E-state index in [-0.39, 0.29) is 29.6 Å². The van der Waals surface area contributed by atoms with Gasteiger partial charge in [0.15, 0.2) is 11.0 Å². The van der Waals surface area contributed by atoms with Gasteiger partial charge in [-0.2, -0.15) is 10.1 Å². The summed E-state index contributed by atoms with van der Waals surface area (Å²) in [6.45, 7) is 0.928. The van der Waals surface area contributed by atoms with Gasteiger partial charge in [-0.05, 0) is 44.4 Å². The van der Waals surface area contributed by atoms with Crippen LogP contribution in [0.1, 0.15) is 5.56 Å². The maximum absolute atomic E-state index is 14.0. The van der Waals surface area contributed by atoms with E-state index in [2.05, 4.69) is 20.7 Å². The molecule has 0 fully saturated rings. The van der Waals surface area contributed by atoms with Crippen molar-refractivity contribution in [1.82, 2.24) is 24.6 Å². The molecule has 3 amide bonds. The van der Waals surface area contributed by atoms with E-state index >= 15 is 0 Å².